The van der Waals surface area contributed by atoms with Crippen LogP contribution in [0.3, 0.4) is 0 Å². The Kier molecular flexibility index (Phi) is 7.66. The summed E-state index contributed by atoms with van der Waals surface area (Å²) in [6.07, 6.45) is 0. The molecule has 26 heavy (non-hydrogen) atoms. The zero-order chi connectivity index (χ0) is 18.9. The SMILES string of the molecule is CN=C(NCc1cc(C(C)C)no1)NCC(C)N(C)Cc1ccccc1. The van der Waals surface area contributed by atoms with Gasteiger partial charge >= 0.3 is 0 Å². The van der Waals surface area contributed by atoms with E-state index in [0.717, 1.165) is 30.5 Å². The Morgan fingerprint density at radius 1 is 1.19 bits per heavy atom. The zero-order valence-electron chi connectivity index (χ0n) is 16.5. The zero-order valence-corrected chi connectivity index (χ0v) is 16.5. The van der Waals surface area contributed by atoms with Gasteiger partial charge in [0.05, 0.1) is 12.2 Å². The third-order valence-corrected chi connectivity index (χ3v) is 4.41. The average Bonchev–Trinajstić information content (AvgIpc) is 3.12. The van der Waals surface area contributed by atoms with Crippen LogP contribution in [0.1, 0.15) is 43.7 Å². The third-order valence-electron chi connectivity index (χ3n) is 4.41. The van der Waals surface area contributed by atoms with Gasteiger partial charge in [-0.05, 0) is 25.5 Å². The van der Waals surface area contributed by atoms with Gasteiger partial charge < -0.3 is 15.2 Å². The van der Waals surface area contributed by atoms with E-state index in [1.54, 1.807) is 7.05 Å². The molecule has 1 heterocycles. The fourth-order valence-corrected chi connectivity index (χ4v) is 2.50. The molecule has 0 bridgehead atoms. The van der Waals surface area contributed by atoms with E-state index < -0.39 is 0 Å². The van der Waals surface area contributed by atoms with E-state index in [9.17, 15) is 0 Å². The van der Waals surface area contributed by atoms with Crippen molar-refractivity contribution in [2.24, 2.45) is 4.99 Å². The number of rotatable bonds is 8. The molecule has 0 spiro atoms. The van der Waals surface area contributed by atoms with E-state index in [0.29, 0.717) is 18.5 Å². The van der Waals surface area contributed by atoms with Crippen LogP contribution < -0.4 is 10.6 Å². The molecule has 0 aliphatic carbocycles. The Morgan fingerprint density at radius 2 is 1.92 bits per heavy atom. The Labute approximate surface area is 156 Å². The molecule has 1 unspecified atom stereocenters. The van der Waals surface area contributed by atoms with Gasteiger partial charge in [-0.25, -0.2) is 0 Å². The second-order valence-electron chi connectivity index (χ2n) is 6.93. The maximum absolute atomic E-state index is 5.35. The molecule has 0 radical (unpaired) electrons. The van der Waals surface area contributed by atoms with Gasteiger partial charge in [0.1, 0.15) is 0 Å². The number of hydrogen-bond acceptors (Lipinski definition) is 4. The molecule has 2 N–H and O–H groups in total. The summed E-state index contributed by atoms with van der Waals surface area (Å²) in [6.45, 7) is 8.69. The molecule has 0 amide bonds. The van der Waals surface area contributed by atoms with E-state index in [2.05, 4.69) is 77.8 Å². The second-order valence-corrected chi connectivity index (χ2v) is 6.93. The molecule has 6 heteroatoms. The molecule has 1 atom stereocenters. The molecule has 1 aromatic carbocycles. The molecular weight excluding hydrogens is 326 g/mol. The highest BCUT2D eigenvalue weighted by Gasteiger charge is 2.11. The molecule has 0 aliphatic heterocycles. The lowest BCUT2D eigenvalue weighted by Gasteiger charge is -2.25. The van der Waals surface area contributed by atoms with Gasteiger partial charge in [-0.15, -0.1) is 0 Å². The van der Waals surface area contributed by atoms with Crippen LogP contribution in [0.15, 0.2) is 45.9 Å². The highest BCUT2D eigenvalue weighted by molar-refractivity contribution is 5.79. The first-order valence-corrected chi connectivity index (χ1v) is 9.13. The van der Waals surface area contributed by atoms with Crippen LogP contribution in [-0.4, -0.2) is 42.7 Å². The van der Waals surface area contributed by atoms with Crippen molar-refractivity contribution < 1.29 is 4.52 Å². The number of aliphatic imine (C=N–C) groups is 1. The second kappa shape index (κ2) is 9.97. The lowest BCUT2D eigenvalue weighted by Crippen LogP contribution is -2.44. The molecule has 142 valence electrons. The first-order chi connectivity index (χ1) is 12.5. The van der Waals surface area contributed by atoms with E-state index in [1.807, 2.05) is 12.1 Å². The minimum absolute atomic E-state index is 0.367. The van der Waals surface area contributed by atoms with Crippen LogP contribution in [0.4, 0.5) is 0 Å². The molecule has 0 fully saturated rings. The van der Waals surface area contributed by atoms with Crippen molar-refractivity contribution in [3.8, 4) is 0 Å². The van der Waals surface area contributed by atoms with Gasteiger partial charge in [0.2, 0.25) is 0 Å². The Balaban J connectivity index is 1.76. The highest BCUT2D eigenvalue weighted by atomic mass is 16.5. The number of aromatic nitrogens is 1. The van der Waals surface area contributed by atoms with Crippen molar-refractivity contribution in [1.82, 2.24) is 20.7 Å². The smallest absolute Gasteiger partial charge is 0.191 e. The number of nitrogens with one attached hydrogen (secondary N) is 2. The molecule has 2 aromatic rings. The molecule has 6 nitrogen and oxygen atoms in total. The van der Waals surface area contributed by atoms with Crippen molar-refractivity contribution in [2.45, 2.75) is 45.8 Å². The largest absolute Gasteiger partial charge is 0.359 e. The summed E-state index contributed by atoms with van der Waals surface area (Å²) in [5.41, 5.74) is 2.29. The monoisotopic (exact) mass is 357 g/mol. The topological polar surface area (TPSA) is 65.7 Å². The van der Waals surface area contributed by atoms with Gasteiger partial charge in [0, 0.05) is 32.2 Å². The lowest BCUT2D eigenvalue weighted by molar-refractivity contribution is 0.249. The van der Waals surface area contributed by atoms with Crippen LogP contribution in [-0.2, 0) is 13.1 Å². The van der Waals surface area contributed by atoms with Crippen molar-refractivity contribution in [3.63, 3.8) is 0 Å². The van der Waals surface area contributed by atoms with Gasteiger partial charge in [-0.1, -0.05) is 49.3 Å². The minimum atomic E-state index is 0.367. The molecule has 0 aliphatic rings. The predicted molar refractivity (Wildman–Crippen MR) is 106 cm³/mol. The maximum Gasteiger partial charge on any atom is 0.191 e. The molecule has 1 aromatic heterocycles. The fourth-order valence-electron chi connectivity index (χ4n) is 2.50. The quantitative estimate of drug-likeness (QED) is 0.562. The first kappa shape index (κ1) is 20.0. The molecular formula is C20H31N5O. The number of likely N-dealkylation sites (N-methyl/N-ethyl adjacent to an activating group) is 1. The number of hydrogen-bond donors (Lipinski definition) is 2. The van der Waals surface area contributed by atoms with Gasteiger partial charge in [-0.3, -0.25) is 9.89 Å². The van der Waals surface area contributed by atoms with E-state index in [4.69, 9.17) is 4.52 Å². The summed E-state index contributed by atoms with van der Waals surface area (Å²) in [6, 6.07) is 12.9. The average molecular weight is 358 g/mol. The fraction of sp³-hybridized carbons (Fsp3) is 0.500. The normalized spacial score (nSPS) is 13.3. The number of nitrogens with zero attached hydrogens (tertiary/aromatic N) is 3. The van der Waals surface area contributed by atoms with Crippen LogP contribution in [0.2, 0.25) is 0 Å². The van der Waals surface area contributed by atoms with Crippen molar-refractivity contribution in [1.29, 1.82) is 0 Å². The highest BCUT2D eigenvalue weighted by Crippen LogP contribution is 2.13. The summed E-state index contributed by atoms with van der Waals surface area (Å²) in [5, 5.41) is 10.7. The van der Waals surface area contributed by atoms with Crippen LogP contribution in [0.5, 0.6) is 0 Å². The van der Waals surface area contributed by atoms with Gasteiger partial charge in [0.25, 0.3) is 0 Å². The van der Waals surface area contributed by atoms with Crippen LogP contribution >= 0.6 is 0 Å². The summed E-state index contributed by atoms with van der Waals surface area (Å²) in [5.74, 6) is 1.93. The molecule has 0 saturated heterocycles. The van der Waals surface area contributed by atoms with E-state index in [-0.39, 0.29) is 0 Å². The standard InChI is InChI=1S/C20H31N5O/c1-15(2)19-11-18(26-24-19)13-23-20(21-4)22-12-16(3)25(5)14-17-9-7-6-8-10-17/h6-11,15-16H,12-14H2,1-5H3,(H2,21,22,23). The predicted octanol–water partition coefficient (Wildman–Crippen LogP) is 2.98. The van der Waals surface area contributed by atoms with E-state index >= 15 is 0 Å². The number of benzene rings is 1. The molecule has 2 rings (SSSR count). The Morgan fingerprint density at radius 3 is 2.54 bits per heavy atom. The van der Waals surface area contributed by atoms with Gasteiger partial charge in [-0.2, -0.15) is 0 Å². The summed E-state index contributed by atoms with van der Waals surface area (Å²) in [4.78, 5) is 6.59. The lowest BCUT2D eigenvalue weighted by atomic mass is 10.1. The third kappa shape index (κ3) is 6.19. The minimum Gasteiger partial charge on any atom is -0.359 e. The van der Waals surface area contributed by atoms with E-state index in [1.165, 1.54) is 5.56 Å². The van der Waals surface area contributed by atoms with Crippen molar-refractivity contribution in [2.75, 3.05) is 20.6 Å². The first-order valence-electron chi connectivity index (χ1n) is 9.13. The van der Waals surface area contributed by atoms with Crippen molar-refractivity contribution >= 4 is 5.96 Å². The Bertz CT molecular complexity index is 681. The number of guanidine groups is 1. The van der Waals surface area contributed by atoms with Crippen molar-refractivity contribution in [3.05, 3.63) is 53.4 Å². The van der Waals surface area contributed by atoms with Crippen LogP contribution in [0.25, 0.3) is 0 Å². The summed E-state index contributed by atoms with van der Waals surface area (Å²) >= 11 is 0. The summed E-state index contributed by atoms with van der Waals surface area (Å²) < 4.78 is 5.35. The molecule has 0 saturated carbocycles. The van der Waals surface area contributed by atoms with Crippen LogP contribution in [0, 0.1) is 0 Å². The maximum atomic E-state index is 5.35. The Hall–Kier alpha value is -2.34. The summed E-state index contributed by atoms with van der Waals surface area (Å²) in [7, 11) is 3.91. The van der Waals surface area contributed by atoms with Gasteiger partial charge in [0.15, 0.2) is 11.7 Å².